The largest absolute Gasteiger partial charge is 0.489 e. The molecule has 7 heteroatoms. The Kier molecular flexibility index (Phi) is 5.78. The first-order valence-corrected chi connectivity index (χ1v) is 11.4. The molecule has 35 heavy (non-hydrogen) atoms. The normalized spacial score (nSPS) is 18.9. The fraction of sp³-hybridized carbons (Fsp3) is 0.214. The molecule has 0 spiro atoms. The highest BCUT2D eigenvalue weighted by atomic mass is 16.6. The van der Waals surface area contributed by atoms with E-state index in [-0.39, 0.29) is 6.61 Å². The zero-order valence-electron chi connectivity index (χ0n) is 19.3. The molecular weight excluding hydrogens is 444 g/mol. The van der Waals surface area contributed by atoms with Gasteiger partial charge in [0, 0.05) is 36.4 Å². The van der Waals surface area contributed by atoms with Crippen molar-refractivity contribution in [1.82, 2.24) is 0 Å². The Morgan fingerprint density at radius 2 is 1.89 bits per heavy atom. The molecule has 1 aromatic heterocycles. The Labute approximate surface area is 202 Å². The monoisotopic (exact) mass is 470 g/mol. The summed E-state index contributed by atoms with van der Waals surface area (Å²) in [4.78, 5) is 23.9. The van der Waals surface area contributed by atoms with E-state index in [4.69, 9.17) is 25.4 Å². The number of nitrogens with two attached hydrogens (primary N) is 2. The summed E-state index contributed by atoms with van der Waals surface area (Å²) < 4.78 is 17.3. The molecule has 178 valence electrons. The van der Waals surface area contributed by atoms with E-state index in [0.717, 1.165) is 33.2 Å². The van der Waals surface area contributed by atoms with Crippen LogP contribution >= 0.6 is 0 Å². The SMILES string of the molecule is CC(=O)OC1CC1(C(N)=O)c1ccccc1OCc1cc(-c2cccc(CN)c2)c2occc2c1. The first-order chi connectivity index (χ1) is 16.9. The van der Waals surface area contributed by atoms with Crippen LogP contribution < -0.4 is 16.2 Å². The molecular formula is C28H26N2O5. The standard InChI is InChI=1S/C28H26N2O5/c1-17(31)35-25-14-28(25,27(30)32)23-7-2-3-8-24(23)34-16-19-12-21-9-10-33-26(21)22(13-19)20-6-4-5-18(11-20)15-29/h2-13,25H,14-16,29H2,1H3,(H2,30,32). The molecule has 1 aliphatic rings. The molecule has 0 bridgehead atoms. The average molecular weight is 471 g/mol. The highest BCUT2D eigenvalue weighted by molar-refractivity contribution is 5.94. The number of carbonyl (C=O) groups is 2. The van der Waals surface area contributed by atoms with Crippen molar-refractivity contribution in [3.05, 3.63) is 89.7 Å². The van der Waals surface area contributed by atoms with Crippen LogP contribution in [0.1, 0.15) is 30.0 Å². The topological polar surface area (TPSA) is 118 Å². The number of fused-ring (bicyclic) bond motifs is 1. The molecule has 0 saturated heterocycles. The molecule has 1 saturated carbocycles. The van der Waals surface area contributed by atoms with E-state index < -0.39 is 23.4 Å². The number of hydrogen-bond donors (Lipinski definition) is 2. The van der Waals surface area contributed by atoms with E-state index >= 15 is 0 Å². The van der Waals surface area contributed by atoms with Gasteiger partial charge in [0.2, 0.25) is 5.91 Å². The molecule has 3 aromatic carbocycles. The third kappa shape index (κ3) is 4.15. The Hall–Kier alpha value is -4.10. The Morgan fingerprint density at radius 1 is 1.06 bits per heavy atom. The smallest absolute Gasteiger partial charge is 0.302 e. The average Bonchev–Trinajstić information content (AvgIpc) is 3.37. The van der Waals surface area contributed by atoms with Crippen molar-refractivity contribution in [2.45, 2.75) is 38.0 Å². The number of carbonyl (C=O) groups excluding carboxylic acids is 2. The lowest BCUT2D eigenvalue weighted by atomic mass is 9.93. The van der Waals surface area contributed by atoms with Crippen LogP contribution in [0.25, 0.3) is 22.1 Å². The van der Waals surface area contributed by atoms with E-state index in [9.17, 15) is 9.59 Å². The second kappa shape index (κ2) is 8.92. The van der Waals surface area contributed by atoms with Crippen molar-refractivity contribution >= 4 is 22.8 Å². The van der Waals surface area contributed by atoms with Crippen molar-refractivity contribution in [3.63, 3.8) is 0 Å². The first kappa shape index (κ1) is 22.7. The summed E-state index contributed by atoms with van der Waals surface area (Å²) in [5, 5.41) is 0.957. The lowest BCUT2D eigenvalue weighted by Gasteiger charge is -2.18. The Morgan fingerprint density at radius 3 is 2.66 bits per heavy atom. The highest BCUT2D eigenvalue weighted by Gasteiger charge is 2.64. The molecule has 1 fully saturated rings. The van der Waals surface area contributed by atoms with E-state index in [0.29, 0.717) is 24.3 Å². The van der Waals surface area contributed by atoms with E-state index in [2.05, 4.69) is 6.07 Å². The maximum atomic E-state index is 12.4. The van der Waals surface area contributed by atoms with Crippen molar-refractivity contribution in [2.75, 3.05) is 0 Å². The van der Waals surface area contributed by atoms with Crippen molar-refractivity contribution in [1.29, 1.82) is 0 Å². The van der Waals surface area contributed by atoms with Gasteiger partial charge in [-0.05, 0) is 47.0 Å². The molecule has 4 N–H and O–H groups in total. The number of esters is 1. The molecule has 1 heterocycles. The minimum Gasteiger partial charge on any atom is -0.489 e. The predicted molar refractivity (Wildman–Crippen MR) is 131 cm³/mol. The zero-order chi connectivity index (χ0) is 24.6. The van der Waals surface area contributed by atoms with Gasteiger partial charge in [0.25, 0.3) is 0 Å². The maximum absolute atomic E-state index is 12.4. The van der Waals surface area contributed by atoms with Crippen LogP contribution in [0.3, 0.4) is 0 Å². The summed E-state index contributed by atoms with van der Waals surface area (Å²) in [6, 6.07) is 21.2. The van der Waals surface area contributed by atoms with Gasteiger partial charge < -0.3 is 25.4 Å². The second-order valence-corrected chi connectivity index (χ2v) is 8.81. The van der Waals surface area contributed by atoms with Crippen LogP contribution in [-0.2, 0) is 32.9 Å². The number of primary amides is 1. The molecule has 5 rings (SSSR count). The van der Waals surface area contributed by atoms with Gasteiger partial charge in [-0.2, -0.15) is 0 Å². The van der Waals surface area contributed by atoms with Crippen LogP contribution in [0.5, 0.6) is 5.75 Å². The van der Waals surface area contributed by atoms with Crippen molar-refractivity contribution < 1.29 is 23.5 Å². The van der Waals surface area contributed by atoms with Crippen molar-refractivity contribution in [2.24, 2.45) is 11.5 Å². The number of amides is 1. The second-order valence-electron chi connectivity index (χ2n) is 8.81. The van der Waals surface area contributed by atoms with E-state index in [1.165, 1.54) is 6.92 Å². The van der Waals surface area contributed by atoms with Gasteiger partial charge in [-0.1, -0.05) is 36.4 Å². The molecule has 1 amide bonds. The fourth-order valence-electron chi connectivity index (χ4n) is 4.68. The summed E-state index contributed by atoms with van der Waals surface area (Å²) in [6.45, 7) is 2.03. The van der Waals surface area contributed by atoms with E-state index in [1.807, 2.05) is 48.5 Å². The molecule has 0 radical (unpaired) electrons. The lowest BCUT2D eigenvalue weighted by Crippen LogP contribution is -2.33. The summed E-state index contributed by atoms with van der Waals surface area (Å²) in [6.07, 6.45) is 1.41. The van der Waals surface area contributed by atoms with Crippen LogP contribution in [0.4, 0.5) is 0 Å². The minimum atomic E-state index is -1.08. The molecule has 0 aliphatic heterocycles. The number of rotatable bonds is 8. The Balaban J connectivity index is 1.46. The van der Waals surface area contributed by atoms with Gasteiger partial charge >= 0.3 is 5.97 Å². The zero-order valence-corrected chi connectivity index (χ0v) is 19.3. The summed E-state index contributed by atoms with van der Waals surface area (Å²) in [5.41, 5.74) is 15.8. The number of ether oxygens (including phenoxy) is 2. The highest BCUT2D eigenvalue weighted by Crippen LogP contribution is 2.53. The van der Waals surface area contributed by atoms with Gasteiger partial charge in [0.1, 0.15) is 29.5 Å². The third-order valence-corrected chi connectivity index (χ3v) is 6.49. The predicted octanol–water partition coefficient (Wildman–Crippen LogP) is 4.20. The van der Waals surface area contributed by atoms with Crippen LogP contribution in [0.2, 0.25) is 0 Å². The van der Waals surface area contributed by atoms with Gasteiger partial charge in [-0.3, -0.25) is 9.59 Å². The van der Waals surface area contributed by atoms with Crippen LogP contribution in [0, 0.1) is 0 Å². The number of furan rings is 1. The summed E-state index contributed by atoms with van der Waals surface area (Å²) in [7, 11) is 0. The fourth-order valence-corrected chi connectivity index (χ4v) is 4.68. The first-order valence-electron chi connectivity index (χ1n) is 11.4. The van der Waals surface area contributed by atoms with Gasteiger partial charge in [-0.25, -0.2) is 0 Å². The van der Waals surface area contributed by atoms with Crippen LogP contribution in [-0.4, -0.2) is 18.0 Å². The number of hydrogen-bond acceptors (Lipinski definition) is 6. The molecule has 2 unspecified atom stereocenters. The third-order valence-electron chi connectivity index (χ3n) is 6.49. The molecule has 7 nitrogen and oxygen atoms in total. The van der Waals surface area contributed by atoms with E-state index in [1.54, 1.807) is 18.4 Å². The summed E-state index contributed by atoms with van der Waals surface area (Å²) >= 11 is 0. The number of benzene rings is 3. The maximum Gasteiger partial charge on any atom is 0.302 e. The van der Waals surface area contributed by atoms with Crippen molar-refractivity contribution in [3.8, 4) is 16.9 Å². The van der Waals surface area contributed by atoms with Crippen LogP contribution in [0.15, 0.2) is 77.4 Å². The summed E-state index contributed by atoms with van der Waals surface area (Å²) in [5.74, 6) is -0.460. The molecule has 4 aromatic rings. The molecule has 1 aliphatic carbocycles. The van der Waals surface area contributed by atoms with Gasteiger partial charge in [0.15, 0.2) is 0 Å². The molecule has 2 atom stereocenters. The number of para-hydroxylation sites is 1. The van der Waals surface area contributed by atoms with Gasteiger partial charge in [0.05, 0.1) is 6.26 Å². The quantitative estimate of drug-likeness (QED) is 0.373. The Bertz CT molecular complexity index is 1430. The van der Waals surface area contributed by atoms with Gasteiger partial charge in [-0.15, -0.1) is 0 Å². The minimum absolute atomic E-state index is 0.259. The lowest BCUT2D eigenvalue weighted by molar-refractivity contribution is -0.143.